The first-order valence-electron chi connectivity index (χ1n) is 6.35. The van der Waals surface area contributed by atoms with E-state index in [4.69, 9.17) is 0 Å². The first-order valence-corrected chi connectivity index (χ1v) is 6.35. The molecule has 0 unspecified atom stereocenters. The van der Waals surface area contributed by atoms with Crippen molar-refractivity contribution in [2.45, 2.75) is 0 Å². The van der Waals surface area contributed by atoms with Crippen LogP contribution < -0.4 is 0 Å². The number of phenolic OH excluding ortho intramolecular Hbond substituents is 2. The van der Waals surface area contributed by atoms with Gasteiger partial charge in [0, 0.05) is 11.6 Å². The van der Waals surface area contributed by atoms with Gasteiger partial charge in [0.05, 0.1) is 21.5 Å². The highest BCUT2D eigenvalue weighted by Crippen LogP contribution is 2.44. The van der Waals surface area contributed by atoms with Crippen molar-refractivity contribution in [2.75, 3.05) is 0 Å². The fourth-order valence-corrected chi connectivity index (χ4v) is 2.62. The third-order valence-corrected chi connectivity index (χ3v) is 3.62. The summed E-state index contributed by atoms with van der Waals surface area (Å²) in [6, 6.07) is 3.79. The second-order valence-corrected chi connectivity index (χ2v) is 4.89. The van der Waals surface area contributed by atoms with Gasteiger partial charge in [0.25, 0.3) is 11.4 Å². The van der Waals surface area contributed by atoms with Crippen LogP contribution in [0.4, 0.5) is 11.4 Å². The third-order valence-electron chi connectivity index (χ3n) is 3.62. The number of ketones is 2. The minimum atomic E-state index is -1.14. The topological polar surface area (TPSA) is 161 Å². The van der Waals surface area contributed by atoms with Crippen LogP contribution >= 0.6 is 0 Å². The van der Waals surface area contributed by atoms with Crippen molar-refractivity contribution in [2.24, 2.45) is 0 Å². The fraction of sp³-hybridized carbons (Fsp3) is 0. The van der Waals surface area contributed by atoms with E-state index in [2.05, 4.69) is 0 Å². The van der Waals surface area contributed by atoms with Gasteiger partial charge in [-0.25, -0.2) is 0 Å². The molecule has 0 heterocycles. The quantitative estimate of drug-likeness (QED) is 0.407. The Kier molecular flexibility index (Phi) is 3.04. The predicted octanol–water partition coefficient (Wildman–Crippen LogP) is 1.69. The maximum absolute atomic E-state index is 12.6. The lowest BCUT2D eigenvalue weighted by Crippen LogP contribution is -2.23. The molecular weight excluding hydrogens is 324 g/mol. The van der Waals surface area contributed by atoms with E-state index in [1.807, 2.05) is 0 Å². The van der Waals surface area contributed by atoms with Crippen LogP contribution in [0.1, 0.15) is 31.8 Å². The lowest BCUT2D eigenvalue weighted by atomic mass is 9.81. The maximum Gasteiger partial charge on any atom is 0.285 e. The summed E-state index contributed by atoms with van der Waals surface area (Å²) < 4.78 is 0. The van der Waals surface area contributed by atoms with Gasteiger partial charge in [-0.15, -0.1) is 0 Å². The summed E-state index contributed by atoms with van der Waals surface area (Å²) in [5.74, 6) is -4.12. The van der Waals surface area contributed by atoms with Crippen LogP contribution in [0.2, 0.25) is 0 Å². The molecule has 0 spiro atoms. The Bertz CT molecular complexity index is 979. The van der Waals surface area contributed by atoms with Gasteiger partial charge in [0.15, 0.2) is 17.3 Å². The van der Waals surface area contributed by atoms with E-state index in [0.717, 1.165) is 12.1 Å². The molecule has 2 aromatic carbocycles. The van der Waals surface area contributed by atoms with Gasteiger partial charge in [-0.05, 0) is 6.07 Å². The van der Waals surface area contributed by atoms with Crippen molar-refractivity contribution < 1.29 is 29.6 Å². The number of rotatable bonds is 2. The molecule has 10 nitrogen and oxygen atoms in total. The zero-order chi connectivity index (χ0) is 17.8. The van der Waals surface area contributed by atoms with Crippen LogP contribution in [0.5, 0.6) is 11.5 Å². The molecule has 0 amide bonds. The van der Waals surface area contributed by atoms with Crippen molar-refractivity contribution in [1.29, 1.82) is 0 Å². The number of carbonyl (C=O) groups is 2. The third kappa shape index (κ3) is 1.83. The highest BCUT2D eigenvalue weighted by atomic mass is 16.6. The average molecular weight is 330 g/mol. The van der Waals surface area contributed by atoms with Crippen LogP contribution in [-0.2, 0) is 0 Å². The standard InChI is InChI=1S/C14H6N2O8/c17-8-4-7(16(23)24)10-11(13(8)19)12(18)5-2-1-3-6(15(21)22)9(5)14(10)20/h1-4,17,19H. The number of nitrogens with zero attached hydrogens (tertiary/aromatic N) is 2. The molecule has 0 atom stereocenters. The lowest BCUT2D eigenvalue weighted by molar-refractivity contribution is -0.385. The van der Waals surface area contributed by atoms with Crippen LogP contribution in [0.15, 0.2) is 24.3 Å². The Morgan fingerprint density at radius 3 is 2.04 bits per heavy atom. The summed E-state index contributed by atoms with van der Waals surface area (Å²) in [7, 11) is 0. The molecule has 2 N–H and O–H groups in total. The SMILES string of the molecule is O=C1c2c(cccc2[N+](=O)[O-])C(=O)c2c(O)c(O)cc([N+](=O)[O-])c21. The van der Waals surface area contributed by atoms with E-state index >= 15 is 0 Å². The summed E-state index contributed by atoms with van der Waals surface area (Å²) in [4.78, 5) is 45.4. The van der Waals surface area contributed by atoms with Crippen LogP contribution in [0.25, 0.3) is 0 Å². The second-order valence-electron chi connectivity index (χ2n) is 4.89. The van der Waals surface area contributed by atoms with E-state index in [0.29, 0.717) is 6.07 Å². The summed E-state index contributed by atoms with van der Waals surface area (Å²) in [6.45, 7) is 0. The van der Waals surface area contributed by atoms with Crippen molar-refractivity contribution >= 4 is 22.9 Å². The van der Waals surface area contributed by atoms with Gasteiger partial charge in [0.2, 0.25) is 5.78 Å². The van der Waals surface area contributed by atoms with Crippen LogP contribution in [-0.4, -0.2) is 31.6 Å². The average Bonchev–Trinajstić information content (AvgIpc) is 2.53. The molecule has 24 heavy (non-hydrogen) atoms. The van der Waals surface area contributed by atoms with Crippen molar-refractivity contribution in [3.63, 3.8) is 0 Å². The first-order chi connectivity index (χ1) is 11.3. The molecule has 0 aromatic heterocycles. The number of phenols is 2. The zero-order valence-electron chi connectivity index (χ0n) is 11.5. The maximum atomic E-state index is 12.6. The van der Waals surface area contributed by atoms with Crippen molar-refractivity contribution in [1.82, 2.24) is 0 Å². The van der Waals surface area contributed by atoms with E-state index in [-0.39, 0.29) is 5.56 Å². The van der Waals surface area contributed by atoms with E-state index < -0.39 is 61.0 Å². The van der Waals surface area contributed by atoms with Gasteiger partial charge in [-0.3, -0.25) is 29.8 Å². The second kappa shape index (κ2) is 4.84. The number of hydrogen-bond acceptors (Lipinski definition) is 8. The summed E-state index contributed by atoms with van der Waals surface area (Å²) >= 11 is 0. The van der Waals surface area contributed by atoms with E-state index in [9.17, 15) is 40.0 Å². The number of hydrogen-bond donors (Lipinski definition) is 2. The molecule has 1 aliphatic carbocycles. The minimum absolute atomic E-state index is 0.378. The highest BCUT2D eigenvalue weighted by Gasteiger charge is 2.42. The molecule has 0 aliphatic heterocycles. The Morgan fingerprint density at radius 1 is 0.833 bits per heavy atom. The molecule has 0 saturated carbocycles. The predicted molar refractivity (Wildman–Crippen MR) is 76.4 cm³/mol. The molecule has 0 fully saturated rings. The smallest absolute Gasteiger partial charge is 0.285 e. The molecular formula is C14H6N2O8. The normalized spacial score (nSPS) is 12.5. The number of nitro groups is 2. The summed E-state index contributed by atoms with van der Waals surface area (Å²) in [5.41, 5.74) is -4.12. The van der Waals surface area contributed by atoms with Gasteiger partial charge in [-0.1, -0.05) is 6.07 Å². The molecule has 0 saturated heterocycles. The largest absolute Gasteiger partial charge is 0.504 e. The molecule has 120 valence electrons. The molecule has 3 rings (SSSR count). The van der Waals surface area contributed by atoms with Gasteiger partial charge >= 0.3 is 0 Å². The van der Waals surface area contributed by atoms with Crippen molar-refractivity contribution in [3.8, 4) is 11.5 Å². The fourth-order valence-electron chi connectivity index (χ4n) is 2.62. The van der Waals surface area contributed by atoms with E-state index in [1.165, 1.54) is 6.07 Å². The van der Waals surface area contributed by atoms with Gasteiger partial charge < -0.3 is 10.2 Å². The molecule has 0 bridgehead atoms. The minimum Gasteiger partial charge on any atom is -0.504 e. The number of fused-ring (bicyclic) bond motifs is 2. The molecule has 2 aromatic rings. The zero-order valence-corrected chi connectivity index (χ0v) is 11.5. The van der Waals surface area contributed by atoms with Crippen LogP contribution in [0.3, 0.4) is 0 Å². The molecule has 1 aliphatic rings. The Morgan fingerprint density at radius 2 is 1.46 bits per heavy atom. The number of carbonyl (C=O) groups excluding carboxylic acids is 2. The highest BCUT2D eigenvalue weighted by molar-refractivity contribution is 6.32. The monoisotopic (exact) mass is 330 g/mol. The van der Waals surface area contributed by atoms with E-state index in [1.54, 1.807) is 0 Å². The molecule has 0 radical (unpaired) electrons. The van der Waals surface area contributed by atoms with Gasteiger partial charge in [-0.2, -0.15) is 0 Å². The van der Waals surface area contributed by atoms with Crippen LogP contribution in [0, 0.1) is 20.2 Å². The summed E-state index contributed by atoms with van der Waals surface area (Å²) in [6.07, 6.45) is 0. The number of benzene rings is 2. The van der Waals surface area contributed by atoms with Crippen molar-refractivity contribution in [3.05, 3.63) is 66.7 Å². The Hall–Kier alpha value is -3.82. The summed E-state index contributed by atoms with van der Waals surface area (Å²) in [5, 5.41) is 41.7. The lowest BCUT2D eigenvalue weighted by Gasteiger charge is -2.18. The first kappa shape index (κ1) is 15.1. The number of aromatic hydroxyl groups is 2. The molecule has 10 heteroatoms. The Balaban J connectivity index is 2.47. The Labute approximate surface area is 131 Å². The number of nitro benzene ring substituents is 2. The van der Waals surface area contributed by atoms with Gasteiger partial charge in [0.1, 0.15) is 11.1 Å².